The zero-order valence-corrected chi connectivity index (χ0v) is 6.09. The van der Waals surface area contributed by atoms with Gasteiger partial charge in [-0.3, -0.25) is 0 Å². The summed E-state index contributed by atoms with van der Waals surface area (Å²) in [4.78, 5) is 1.97. The molecule has 0 fully saturated rings. The molecule has 0 aromatic heterocycles. The van der Waals surface area contributed by atoms with Crippen LogP contribution in [0.25, 0.3) is 0 Å². The molecule has 0 radical (unpaired) electrons. The van der Waals surface area contributed by atoms with Crippen molar-refractivity contribution in [3.05, 3.63) is 25.1 Å². The molecule has 1 N–H and O–H groups in total. The van der Waals surface area contributed by atoms with E-state index in [9.17, 15) is 0 Å². The van der Waals surface area contributed by atoms with E-state index in [-0.39, 0.29) is 0 Å². The fourth-order valence-corrected chi connectivity index (χ4v) is 0.353. The third kappa shape index (κ3) is 7.08. The van der Waals surface area contributed by atoms with Crippen LogP contribution in [0.15, 0.2) is 25.1 Å². The predicted octanol–water partition coefficient (Wildman–Crippen LogP) is 0.795. The summed E-state index contributed by atoms with van der Waals surface area (Å²) in [7, 11) is 3.96. The fraction of sp³-hybridized carbons (Fsp3) is 0.429. The van der Waals surface area contributed by atoms with Crippen molar-refractivity contribution >= 4 is 0 Å². The van der Waals surface area contributed by atoms with Gasteiger partial charge >= 0.3 is 0 Å². The van der Waals surface area contributed by atoms with Gasteiger partial charge in [-0.25, -0.2) is 0 Å². The van der Waals surface area contributed by atoms with Crippen LogP contribution in [0, 0.1) is 0 Å². The normalized spacial score (nSPS) is 9.56. The molecule has 0 heterocycles. The largest absolute Gasteiger partial charge is 0.386 e. The summed E-state index contributed by atoms with van der Waals surface area (Å²) in [6, 6.07) is 0. The second-order valence-corrected chi connectivity index (χ2v) is 1.98. The Balaban J connectivity index is 3.14. The minimum absolute atomic E-state index is 0.824. The molecular weight excluding hydrogens is 112 g/mol. The van der Waals surface area contributed by atoms with E-state index in [1.807, 2.05) is 37.5 Å². The third-order valence-electron chi connectivity index (χ3n) is 0.753. The van der Waals surface area contributed by atoms with Crippen LogP contribution >= 0.6 is 0 Å². The Hall–Kier alpha value is -0.920. The number of nitrogens with one attached hydrogen (secondary N) is 1. The minimum atomic E-state index is 0.824. The summed E-state index contributed by atoms with van der Waals surface area (Å²) in [6.07, 6.45) is 5.66. The van der Waals surface area contributed by atoms with Gasteiger partial charge in [0.2, 0.25) is 0 Å². The Labute approximate surface area is 56.9 Å². The molecule has 0 aromatic carbocycles. The lowest BCUT2D eigenvalue weighted by molar-refractivity contribution is 0.559. The standard InChI is InChI=1S/C7H14N2/c1-4-5-8-6-7-9(2)3/h4,6-8H,1,5H2,2-3H3/b7-6-. The molecule has 2 nitrogen and oxygen atoms in total. The topological polar surface area (TPSA) is 15.3 Å². The van der Waals surface area contributed by atoms with Crippen LogP contribution < -0.4 is 5.32 Å². The summed E-state index contributed by atoms with van der Waals surface area (Å²) in [5.41, 5.74) is 0. The van der Waals surface area contributed by atoms with Crippen LogP contribution in [0.3, 0.4) is 0 Å². The van der Waals surface area contributed by atoms with E-state index in [0.717, 1.165) is 6.54 Å². The monoisotopic (exact) mass is 126 g/mol. The lowest BCUT2D eigenvalue weighted by Crippen LogP contribution is -2.07. The molecule has 0 bridgehead atoms. The first-order valence-electron chi connectivity index (χ1n) is 2.94. The summed E-state index contributed by atoms with van der Waals surface area (Å²) < 4.78 is 0. The second-order valence-electron chi connectivity index (χ2n) is 1.98. The lowest BCUT2D eigenvalue weighted by atomic mass is 10.6. The highest BCUT2D eigenvalue weighted by molar-refractivity contribution is 4.80. The molecule has 0 atom stereocenters. The Kier molecular flexibility index (Phi) is 4.69. The van der Waals surface area contributed by atoms with Gasteiger partial charge in [0.15, 0.2) is 0 Å². The quantitative estimate of drug-likeness (QED) is 0.442. The molecule has 0 aliphatic rings. The van der Waals surface area contributed by atoms with Crippen molar-refractivity contribution in [2.75, 3.05) is 20.6 Å². The van der Waals surface area contributed by atoms with Gasteiger partial charge in [-0.15, -0.1) is 6.58 Å². The Morgan fingerprint density at radius 2 is 2.22 bits per heavy atom. The van der Waals surface area contributed by atoms with Crippen LogP contribution in [-0.4, -0.2) is 25.5 Å². The molecule has 0 aliphatic carbocycles. The highest BCUT2D eigenvalue weighted by atomic mass is 15.0. The van der Waals surface area contributed by atoms with Crippen molar-refractivity contribution in [1.82, 2.24) is 10.2 Å². The van der Waals surface area contributed by atoms with E-state index < -0.39 is 0 Å². The average molecular weight is 126 g/mol. The van der Waals surface area contributed by atoms with Gasteiger partial charge < -0.3 is 10.2 Å². The zero-order chi connectivity index (χ0) is 7.11. The first kappa shape index (κ1) is 8.08. The molecule has 52 valence electrons. The van der Waals surface area contributed by atoms with Crippen molar-refractivity contribution in [2.45, 2.75) is 0 Å². The highest BCUT2D eigenvalue weighted by Crippen LogP contribution is 1.72. The minimum Gasteiger partial charge on any atom is -0.386 e. The second kappa shape index (κ2) is 5.22. The third-order valence-corrected chi connectivity index (χ3v) is 0.753. The maximum Gasteiger partial charge on any atom is 0.0323 e. The van der Waals surface area contributed by atoms with Gasteiger partial charge in [-0.2, -0.15) is 0 Å². The maximum atomic E-state index is 3.57. The summed E-state index contributed by atoms with van der Waals surface area (Å²) in [5, 5.41) is 3.03. The van der Waals surface area contributed by atoms with E-state index in [4.69, 9.17) is 0 Å². The van der Waals surface area contributed by atoms with Crippen molar-refractivity contribution in [1.29, 1.82) is 0 Å². The molecular formula is C7H14N2. The summed E-state index contributed by atoms with van der Waals surface area (Å²) in [6.45, 7) is 4.39. The van der Waals surface area contributed by atoms with Gasteiger partial charge in [0.05, 0.1) is 0 Å². The van der Waals surface area contributed by atoms with E-state index in [1.54, 1.807) is 0 Å². The molecule has 0 saturated carbocycles. The molecule has 0 aromatic rings. The zero-order valence-electron chi connectivity index (χ0n) is 6.09. The van der Waals surface area contributed by atoms with Crippen LogP contribution in [0.4, 0.5) is 0 Å². The molecule has 0 aliphatic heterocycles. The molecule has 0 saturated heterocycles. The fourth-order valence-electron chi connectivity index (χ4n) is 0.353. The summed E-state index contributed by atoms with van der Waals surface area (Å²) >= 11 is 0. The molecule has 0 rings (SSSR count). The highest BCUT2D eigenvalue weighted by Gasteiger charge is 1.72. The van der Waals surface area contributed by atoms with E-state index in [1.165, 1.54) is 0 Å². The molecule has 0 amide bonds. The van der Waals surface area contributed by atoms with Crippen LogP contribution in [0.1, 0.15) is 0 Å². The van der Waals surface area contributed by atoms with Crippen molar-refractivity contribution in [3.8, 4) is 0 Å². The number of hydrogen-bond donors (Lipinski definition) is 1. The van der Waals surface area contributed by atoms with Gasteiger partial charge in [0.25, 0.3) is 0 Å². The number of rotatable bonds is 4. The average Bonchev–Trinajstić information content (AvgIpc) is 1.80. The van der Waals surface area contributed by atoms with E-state index in [0.29, 0.717) is 0 Å². The van der Waals surface area contributed by atoms with Gasteiger partial charge in [-0.1, -0.05) is 6.08 Å². The SMILES string of the molecule is C=CCN/C=C\N(C)C. The van der Waals surface area contributed by atoms with E-state index in [2.05, 4.69) is 11.9 Å². The summed E-state index contributed by atoms with van der Waals surface area (Å²) in [5.74, 6) is 0. The van der Waals surface area contributed by atoms with Crippen LogP contribution in [-0.2, 0) is 0 Å². The van der Waals surface area contributed by atoms with Crippen LogP contribution in [0.5, 0.6) is 0 Å². The van der Waals surface area contributed by atoms with Gasteiger partial charge in [-0.05, 0) is 0 Å². The first-order chi connectivity index (χ1) is 4.27. The Bertz CT molecular complexity index is 95.1. The van der Waals surface area contributed by atoms with Crippen molar-refractivity contribution in [2.24, 2.45) is 0 Å². The number of hydrogen-bond acceptors (Lipinski definition) is 2. The Morgan fingerprint density at radius 1 is 1.56 bits per heavy atom. The van der Waals surface area contributed by atoms with Crippen molar-refractivity contribution < 1.29 is 0 Å². The maximum absolute atomic E-state index is 3.57. The first-order valence-corrected chi connectivity index (χ1v) is 2.94. The smallest absolute Gasteiger partial charge is 0.0323 e. The predicted molar refractivity (Wildman–Crippen MR) is 41.0 cm³/mol. The molecule has 0 unspecified atom stereocenters. The van der Waals surface area contributed by atoms with Crippen LogP contribution in [0.2, 0.25) is 0 Å². The van der Waals surface area contributed by atoms with Crippen molar-refractivity contribution in [3.63, 3.8) is 0 Å². The Morgan fingerprint density at radius 3 is 2.67 bits per heavy atom. The molecule has 9 heavy (non-hydrogen) atoms. The lowest BCUT2D eigenvalue weighted by Gasteiger charge is -2.02. The number of nitrogens with zero attached hydrogens (tertiary/aromatic N) is 1. The molecule has 2 heteroatoms. The van der Waals surface area contributed by atoms with Gasteiger partial charge in [0.1, 0.15) is 0 Å². The molecule has 0 spiro atoms. The van der Waals surface area contributed by atoms with E-state index >= 15 is 0 Å². The van der Waals surface area contributed by atoms with Gasteiger partial charge in [0, 0.05) is 33.0 Å².